The fourth-order valence-electron chi connectivity index (χ4n) is 3.33. The van der Waals surface area contributed by atoms with Crippen LogP contribution in [0.4, 0.5) is 5.69 Å². The van der Waals surface area contributed by atoms with Crippen LogP contribution in [-0.2, 0) is 21.4 Å². The Morgan fingerprint density at radius 1 is 1.12 bits per heavy atom. The van der Waals surface area contributed by atoms with E-state index in [4.69, 9.17) is 0 Å². The first-order chi connectivity index (χ1) is 12.4. The summed E-state index contributed by atoms with van der Waals surface area (Å²) in [6.45, 7) is 9.24. The molecular formula is C19H31N3O3S. The van der Waals surface area contributed by atoms with Crippen LogP contribution in [0, 0.1) is 5.92 Å². The molecule has 1 amide bonds. The van der Waals surface area contributed by atoms with Crippen LogP contribution in [0.15, 0.2) is 24.3 Å². The molecule has 0 spiro atoms. The number of rotatable bonds is 8. The Labute approximate surface area is 157 Å². The van der Waals surface area contributed by atoms with Gasteiger partial charge >= 0.3 is 0 Å². The van der Waals surface area contributed by atoms with Gasteiger partial charge in [-0.1, -0.05) is 12.1 Å². The first-order valence-electron chi connectivity index (χ1n) is 9.50. The van der Waals surface area contributed by atoms with E-state index in [9.17, 15) is 13.2 Å². The number of piperidine rings is 1. The SMILES string of the molecule is CCN(CC)c1ccc(CNC(=O)C2CCN(S(=O)(=O)CC)CC2)cc1. The van der Waals surface area contributed by atoms with Gasteiger partial charge in [0.1, 0.15) is 0 Å². The van der Waals surface area contributed by atoms with Gasteiger partial charge in [-0.2, -0.15) is 0 Å². The number of benzene rings is 1. The summed E-state index contributed by atoms with van der Waals surface area (Å²) in [5.41, 5.74) is 2.26. The lowest BCUT2D eigenvalue weighted by atomic mass is 9.97. The van der Waals surface area contributed by atoms with Crippen LogP contribution in [0.2, 0.25) is 0 Å². The van der Waals surface area contributed by atoms with E-state index in [0.717, 1.165) is 18.7 Å². The maximum atomic E-state index is 12.4. The molecule has 1 fully saturated rings. The molecule has 146 valence electrons. The van der Waals surface area contributed by atoms with Gasteiger partial charge in [0.25, 0.3) is 0 Å². The van der Waals surface area contributed by atoms with E-state index >= 15 is 0 Å². The lowest BCUT2D eigenvalue weighted by Gasteiger charge is -2.30. The van der Waals surface area contributed by atoms with Crippen LogP contribution < -0.4 is 10.2 Å². The first kappa shape index (κ1) is 20.7. The molecule has 1 aliphatic rings. The third-order valence-corrected chi connectivity index (χ3v) is 7.00. The summed E-state index contributed by atoms with van der Waals surface area (Å²) >= 11 is 0. The first-order valence-corrected chi connectivity index (χ1v) is 11.1. The molecule has 1 aliphatic heterocycles. The zero-order valence-electron chi connectivity index (χ0n) is 16.1. The van der Waals surface area contributed by atoms with Gasteiger partial charge in [0, 0.05) is 44.3 Å². The average molecular weight is 382 g/mol. The number of sulfonamides is 1. The summed E-state index contributed by atoms with van der Waals surface area (Å²) in [5.74, 6) is 0.0347. The Hall–Kier alpha value is -1.60. The van der Waals surface area contributed by atoms with Crippen LogP contribution in [-0.4, -0.2) is 50.6 Å². The molecule has 1 aromatic rings. The minimum atomic E-state index is -3.14. The maximum absolute atomic E-state index is 12.4. The van der Waals surface area contributed by atoms with E-state index in [0.29, 0.717) is 32.5 Å². The van der Waals surface area contributed by atoms with E-state index in [1.54, 1.807) is 6.92 Å². The second-order valence-corrected chi connectivity index (χ2v) is 8.89. The van der Waals surface area contributed by atoms with E-state index < -0.39 is 10.0 Å². The third kappa shape index (κ3) is 5.20. The largest absolute Gasteiger partial charge is 0.372 e. The van der Waals surface area contributed by atoms with Gasteiger partial charge in [0.2, 0.25) is 15.9 Å². The van der Waals surface area contributed by atoms with Gasteiger partial charge in [-0.15, -0.1) is 0 Å². The average Bonchev–Trinajstić information content (AvgIpc) is 2.68. The van der Waals surface area contributed by atoms with Crippen molar-refractivity contribution in [2.24, 2.45) is 5.92 Å². The predicted molar refractivity (Wildman–Crippen MR) is 106 cm³/mol. The lowest BCUT2D eigenvalue weighted by Crippen LogP contribution is -2.43. The van der Waals surface area contributed by atoms with Crippen LogP contribution in [0.3, 0.4) is 0 Å². The number of nitrogens with zero attached hydrogens (tertiary/aromatic N) is 2. The molecule has 0 saturated carbocycles. The molecule has 6 nitrogen and oxygen atoms in total. The van der Waals surface area contributed by atoms with Crippen LogP contribution in [0.1, 0.15) is 39.2 Å². The summed E-state index contributed by atoms with van der Waals surface area (Å²) in [7, 11) is -3.14. The van der Waals surface area contributed by atoms with Crippen molar-refractivity contribution in [2.45, 2.75) is 40.2 Å². The third-order valence-electron chi connectivity index (χ3n) is 5.11. The standard InChI is InChI=1S/C19H31N3O3S/c1-4-21(5-2)18-9-7-16(8-10-18)15-20-19(23)17-11-13-22(14-12-17)26(24,25)6-3/h7-10,17H,4-6,11-15H2,1-3H3,(H,20,23). The Morgan fingerprint density at radius 2 is 1.69 bits per heavy atom. The summed E-state index contributed by atoms with van der Waals surface area (Å²) in [4.78, 5) is 14.7. The molecule has 1 aromatic carbocycles. The van der Waals surface area contributed by atoms with Crippen molar-refractivity contribution in [3.05, 3.63) is 29.8 Å². The smallest absolute Gasteiger partial charge is 0.223 e. The Kier molecular flexibility index (Phi) is 7.46. The van der Waals surface area contributed by atoms with Crippen LogP contribution in [0.25, 0.3) is 0 Å². The Balaban J connectivity index is 1.82. The number of carbonyl (C=O) groups is 1. The molecule has 2 rings (SSSR count). The van der Waals surface area contributed by atoms with Crippen molar-refractivity contribution in [2.75, 3.05) is 36.8 Å². The van der Waals surface area contributed by atoms with Gasteiger partial charge in [0.05, 0.1) is 5.75 Å². The molecule has 0 aliphatic carbocycles. The number of amides is 1. The van der Waals surface area contributed by atoms with Gasteiger partial charge < -0.3 is 10.2 Å². The summed E-state index contributed by atoms with van der Waals surface area (Å²) in [6.07, 6.45) is 1.18. The van der Waals surface area contributed by atoms with Crippen molar-refractivity contribution in [1.29, 1.82) is 0 Å². The molecule has 0 radical (unpaired) electrons. The molecule has 26 heavy (non-hydrogen) atoms. The van der Waals surface area contributed by atoms with Crippen molar-refractivity contribution in [3.8, 4) is 0 Å². The molecule has 7 heteroatoms. The van der Waals surface area contributed by atoms with Gasteiger partial charge in [-0.25, -0.2) is 12.7 Å². The monoisotopic (exact) mass is 381 g/mol. The predicted octanol–water partition coefficient (Wildman–Crippen LogP) is 2.21. The number of anilines is 1. The quantitative estimate of drug-likeness (QED) is 0.750. The summed E-state index contributed by atoms with van der Waals surface area (Å²) < 4.78 is 25.3. The van der Waals surface area contributed by atoms with Gasteiger partial charge in [-0.3, -0.25) is 4.79 Å². The summed E-state index contributed by atoms with van der Waals surface area (Å²) in [6, 6.07) is 8.26. The molecule has 1 heterocycles. The fraction of sp³-hybridized carbons (Fsp3) is 0.632. The molecule has 0 atom stereocenters. The fourth-order valence-corrected chi connectivity index (χ4v) is 4.46. The highest BCUT2D eigenvalue weighted by atomic mass is 32.2. The highest BCUT2D eigenvalue weighted by molar-refractivity contribution is 7.89. The molecule has 1 saturated heterocycles. The second-order valence-electron chi connectivity index (χ2n) is 6.63. The second kappa shape index (κ2) is 9.37. The van der Waals surface area contributed by atoms with Crippen molar-refractivity contribution >= 4 is 21.6 Å². The highest BCUT2D eigenvalue weighted by Gasteiger charge is 2.29. The number of carbonyl (C=O) groups excluding carboxylic acids is 1. The van der Waals surface area contributed by atoms with Crippen molar-refractivity contribution in [1.82, 2.24) is 9.62 Å². The lowest BCUT2D eigenvalue weighted by molar-refractivity contribution is -0.126. The summed E-state index contributed by atoms with van der Waals surface area (Å²) in [5, 5.41) is 2.99. The van der Waals surface area contributed by atoms with Gasteiger partial charge in [-0.05, 0) is 51.3 Å². The minimum absolute atomic E-state index is 0.0198. The van der Waals surface area contributed by atoms with Crippen LogP contribution >= 0.6 is 0 Å². The highest BCUT2D eigenvalue weighted by Crippen LogP contribution is 2.20. The number of hydrogen-bond acceptors (Lipinski definition) is 4. The topological polar surface area (TPSA) is 69.7 Å². The zero-order valence-corrected chi connectivity index (χ0v) is 16.9. The Bertz CT molecular complexity index is 676. The van der Waals surface area contributed by atoms with E-state index in [-0.39, 0.29) is 17.6 Å². The molecule has 0 bridgehead atoms. The molecule has 0 aromatic heterocycles. The van der Waals surface area contributed by atoms with Gasteiger partial charge in [0.15, 0.2) is 0 Å². The van der Waals surface area contributed by atoms with E-state index in [1.165, 1.54) is 9.99 Å². The number of nitrogens with one attached hydrogen (secondary N) is 1. The molecule has 0 unspecified atom stereocenters. The van der Waals surface area contributed by atoms with E-state index in [1.807, 2.05) is 12.1 Å². The molecular weight excluding hydrogens is 350 g/mol. The zero-order chi connectivity index (χ0) is 19.2. The molecule has 1 N–H and O–H groups in total. The number of hydrogen-bond donors (Lipinski definition) is 1. The maximum Gasteiger partial charge on any atom is 0.223 e. The van der Waals surface area contributed by atoms with Crippen LogP contribution in [0.5, 0.6) is 0 Å². The van der Waals surface area contributed by atoms with Crippen molar-refractivity contribution in [3.63, 3.8) is 0 Å². The van der Waals surface area contributed by atoms with Crippen molar-refractivity contribution < 1.29 is 13.2 Å². The normalized spacial score (nSPS) is 16.4. The Morgan fingerprint density at radius 3 is 2.19 bits per heavy atom. The minimum Gasteiger partial charge on any atom is -0.372 e. The van der Waals surface area contributed by atoms with E-state index in [2.05, 4.69) is 36.2 Å².